The van der Waals surface area contributed by atoms with Crippen molar-refractivity contribution in [3.63, 3.8) is 0 Å². The maximum absolute atomic E-state index is 12.2. The van der Waals surface area contributed by atoms with Crippen LogP contribution in [0.5, 0.6) is 5.88 Å². The number of aliphatic carboxylic acids is 1. The van der Waals surface area contributed by atoms with Crippen molar-refractivity contribution in [1.29, 1.82) is 0 Å². The number of aromatic nitrogens is 1. The molecule has 0 fully saturated rings. The number of carboxylic acids is 1. The first-order valence-corrected chi connectivity index (χ1v) is 7.14. The summed E-state index contributed by atoms with van der Waals surface area (Å²) in [5.41, 5.74) is 2.81. The van der Waals surface area contributed by atoms with Crippen molar-refractivity contribution in [2.75, 3.05) is 7.11 Å². The van der Waals surface area contributed by atoms with Crippen molar-refractivity contribution < 1.29 is 14.6 Å². The molecule has 1 N–H and O–H groups in total. The van der Waals surface area contributed by atoms with Gasteiger partial charge >= 0.3 is 5.97 Å². The Morgan fingerprint density at radius 1 is 1.52 bits per heavy atom. The number of rotatable bonds is 2. The maximum Gasteiger partial charge on any atom is 0.318 e. The van der Waals surface area contributed by atoms with Gasteiger partial charge in [0.1, 0.15) is 5.41 Å². The number of methoxy groups -OCH3 is 1. The van der Waals surface area contributed by atoms with Crippen LogP contribution < -0.4 is 4.74 Å². The van der Waals surface area contributed by atoms with E-state index >= 15 is 0 Å². The molecule has 0 saturated carbocycles. The lowest BCUT2D eigenvalue weighted by Crippen LogP contribution is -2.46. The van der Waals surface area contributed by atoms with E-state index < -0.39 is 11.4 Å². The molecule has 110 valence electrons. The van der Waals surface area contributed by atoms with Gasteiger partial charge in [0.05, 0.1) is 12.8 Å². The van der Waals surface area contributed by atoms with Crippen molar-refractivity contribution >= 4 is 5.97 Å². The molecule has 21 heavy (non-hydrogen) atoms. The number of fused-ring (bicyclic) bond motifs is 4. The van der Waals surface area contributed by atoms with Gasteiger partial charge in [0, 0.05) is 18.4 Å². The highest BCUT2D eigenvalue weighted by molar-refractivity contribution is 5.88. The fourth-order valence-corrected chi connectivity index (χ4v) is 3.87. The van der Waals surface area contributed by atoms with Crippen LogP contribution in [0.1, 0.15) is 31.5 Å². The summed E-state index contributed by atoms with van der Waals surface area (Å²) >= 11 is 0. The van der Waals surface area contributed by atoms with Crippen molar-refractivity contribution in [2.45, 2.75) is 32.1 Å². The minimum Gasteiger partial charge on any atom is -0.481 e. The van der Waals surface area contributed by atoms with Gasteiger partial charge in [-0.15, -0.1) is 0 Å². The Morgan fingerprint density at radius 2 is 2.29 bits per heavy atom. The molecule has 2 aliphatic carbocycles. The van der Waals surface area contributed by atoms with Crippen LogP contribution in [0.3, 0.4) is 0 Å². The molecule has 0 radical (unpaired) electrons. The van der Waals surface area contributed by atoms with Crippen LogP contribution in [0, 0.1) is 5.92 Å². The average Bonchev–Trinajstić information content (AvgIpc) is 2.45. The molecule has 0 spiro atoms. The minimum absolute atomic E-state index is 0.118. The predicted molar refractivity (Wildman–Crippen MR) is 79.4 cm³/mol. The van der Waals surface area contributed by atoms with Gasteiger partial charge in [-0.25, -0.2) is 4.98 Å². The predicted octanol–water partition coefficient (Wildman–Crippen LogP) is 2.88. The molecule has 1 aromatic heterocycles. The molecule has 2 bridgehead atoms. The third-order valence-corrected chi connectivity index (χ3v) is 4.63. The third kappa shape index (κ3) is 1.82. The zero-order valence-electron chi connectivity index (χ0n) is 12.5. The van der Waals surface area contributed by atoms with E-state index in [-0.39, 0.29) is 5.92 Å². The summed E-state index contributed by atoms with van der Waals surface area (Å²) in [4.78, 5) is 16.7. The Kier molecular flexibility index (Phi) is 3.12. The molecule has 0 aliphatic heterocycles. The van der Waals surface area contributed by atoms with E-state index in [9.17, 15) is 9.90 Å². The van der Waals surface area contributed by atoms with E-state index in [0.29, 0.717) is 12.3 Å². The van der Waals surface area contributed by atoms with Crippen LogP contribution in [0.25, 0.3) is 0 Å². The van der Waals surface area contributed by atoms with Crippen LogP contribution in [-0.4, -0.2) is 23.2 Å². The molecule has 0 amide bonds. The number of hydrogen-bond donors (Lipinski definition) is 1. The number of nitrogens with zero attached hydrogens (tertiary/aromatic N) is 1. The standard InChI is InChI=1S/C17H19NO3/c1-4-12-11-7-10(2)9-17(12,16(19)20)13-5-6-15(21-3)18-14(13)8-11/h4-7,11H,8-9H2,1-3H3,(H,19,20). The molecule has 1 heterocycles. The Labute approximate surface area is 124 Å². The summed E-state index contributed by atoms with van der Waals surface area (Å²) < 4.78 is 5.18. The lowest BCUT2D eigenvalue weighted by Gasteiger charge is -2.44. The second-order valence-corrected chi connectivity index (χ2v) is 5.80. The Balaban J connectivity index is 2.30. The lowest BCUT2D eigenvalue weighted by molar-refractivity contribution is -0.142. The topological polar surface area (TPSA) is 59.4 Å². The molecular formula is C17H19NO3. The van der Waals surface area contributed by atoms with Crippen LogP contribution in [0.15, 0.2) is 35.4 Å². The Bertz CT molecular complexity index is 675. The molecule has 1 aromatic rings. The zero-order valence-corrected chi connectivity index (χ0v) is 12.5. The second kappa shape index (κ2) is 4.72. The van der Waals surface area contributed by atoms with Crippen molar-refractivity contribution in [2.24, 2.45) is 5.92 Å². The fourth-order valence-electron chi connectivity index (χ4n) is 3.87. The largest absolute Gasteiger partial charge is 0.481 e. The monoisotopic (exact) mass is 285 g/mol. The summed E-state index contributed by atoms with van der Waals surface area (Å²) in [6.07, 6.45) is 5.40. The molecule has 2 aliphatic rings. The number of hydrogen-bond acceptors (Lipinski definition) is 3. The van der Waals surface area contributed by atoms with E-state index in [0.717, 1.165) is 28.8 Å². The van der Waals surface area contributed by atoms with Gasteiger partial charge in [-0.2, -0.15) is 0 Å². The normalized spacial score (nSPS) is 28.8. The quantitative estimate of drug-likeness (QED) is 0.849. The molecule has 2 unspecified atom stereocenters. The van der Waals surface area contributed by atoms with Crippen LogP contribution in [-0.2, 0) is 16.6 Å². The third-order valence-electron chi connectivity index (χ3n) is 4.63. The van der Waals surface area contributed by atoms with Gasteiger partial charge in [-0.3, -0.25) is 4.79 Å². The number of ether oxygens (including phenoxy) is 1. The van der Waals surface area contributed by atoms with E-state index in [1.54, 1.807) is 13.2 Å². The number of pyridine rings is 1. The first-order chi connectivity index (χ1) is 10.0. The second-order valence-electron chi connectivity index (χ2n) is 5.80. The van der Waals surface area contributed by atoms with Gasteiger partial charge in [0.15, 0.2) is 0 Å². The zero-order chi connectivity index (χ0) is 15.2. The van der Waals surface area contributed by atoms with Crippen LogP contribution in [0.2, 0.25) is 0 Å². The van der Waals surface area contributed by atoms with E-state index in [1.807, 2.05) is 26.0 Å². The fraction of sp³-hybridized carbons (Fsp3) is 0.412. The lowest BCUT2D eigenvalue weighted by atomic mass is 9.58. The van der Waals surface area contributed by atoms with E-state index in [2.05, 4.69) is 11.1 Å². The van der Waals surface area contributed by atoms with Crippen molar-refractivity contribution in [3.8, 4) is 5.88 Å². The van der Waals surface area contributed by atoms with Crippen molar-refractivity contribution in [1.82, 2.24) is 4.98 Å². The SMILES string of the molecule is CC=C1C2C=C(C)CC1(C(=O)O)c1ccc(OC)nc1C2. The molecule has 4 nitrogen and oxygen atoms in total. The summed E-state index contributed by atoms with van der Waals surface area (Å²) in [7, 11) is 1.58. The molecule has 0 saturated heterocycles. The van der Waals surface area contributed by atoms with Gasteiger partial charge < -0.3 is 9.84 Å². The van der Waals surface area contributed by atoms with Gasteiger partial charge in [0.2, 0.25) is 5.88 Å². The summed E-state index contributed by atoms with van der Waals surface area (Å²) in [6.45, 7) is 3.94. The van der Waals surface area contributed by atoms with Crippen LogP contribution in [0.4, 0.5) is 0 Å². The molecule has 4 heteroatoms. The highest BCUT2D eigenvalue weighted by Crippen LogP contribution is 2.51. The number of allylic oxidation sites excluding steroid dienone is 3. The first kappa shape index (κ1) is 13.9. The Hall–Kier alpha value is -2.10. The summed E-state index contributed by atoms with van der Waals surface area (Å²) in [5.74, 6) is -0.134. The first-order valence-electron chi connectivity index (χ1n) is 7.14. The van der Waals surface area contributed by atoms with E-state index in [4.69, 9.17) is 4.74 Å². The smallest absolute Gasteiger partial charge is 0.318 e. The van der Waals surface area contributed by atoms with Gasteiger partial charge in [0.25, 0.3) is 0 Å². The molecule has 0 aromatic carbocycles. The maximum atomic E-state index is 12.2. The van der Waals surface area contributed by atoms with Crippen LogP contribution >= 0.6 is 0 Å². The molecule has 3 rings (SSSR count). The number of carbonyl (C=O) groups is 1. The van der Waals surface area contributed by atoms with Crippen molar-refractivity contribution in [3.05, 3.63) is 46.7 Å². The van der Waals surface area contributed by atoms with Gasteiger partial charge in [-0.1, -0.05) is 23.8 Å². The average molecular weight is 285 g/mol. The number of carboxylic acid groups (broad SMARTS) is 1. The highest BCUT2D eigenvalue weighted by Gasteiger charge is 2.52. The summed E-state index contributed by atoms with van der Waals surface area (Å²) in [6, 6.07) is 3.62. The Morgan fingerprint density at radius 3 is 2.90 bits per heavy atom. The highest BCUT2D eigenvalue weighted by atomic mass is 16.5. The molecule has 2 atom stereocenters. The minimum atomic E-state index is -0.967. The summed E-state index contributed by atoms with van der Waals surface area (Å²) in [5, 5.41) is 10.0. The van der Waals surface area contributed by atoms with E-state index in [1.165, 1.54) is 0 Å². The van der Waals surface area contributed by atoms with Gasteiger partial charge in [-0.05, 0) is 31.4 Å². The molecular weight excluding hydrogens is 266 g/mol.